The van der Waals surface area contributed by atoms with E-state index >= 15 is 0 Å². The van der Waals surface area contributed by atoms with E-state index in [9.17, 15) is 13.2 Å². The van der Waals surface area contributed by atoms with E-state index in [4.69, 9.17) is 4.74 Å². The molecular weight excluding hydrogens is 376 g/mol. The Bertz CT molecular complexity index is 345. The van der Waals surface area contributed by atoms with Gasteiger partial charge in [0.2, 0.25) is 0 Å². The molecule has 0 N–H and O–H groups in total. The van der Waals surface area contributed by atoms with Gasteiger partial charge >= 0.3 is 6.18 Å². The minimum absolute atomic E-state index is 0. The minimum Gasteiger partial charge on any atom is -1.00 e. The highest BCUT2D eigenvalue weighted by Gasteiger charge is 2.31. The van der Waals surface area contributed by atoms with Crippen LogP contribution >= 0.6 is 0 Å². The monoisotopic (exact) mass is 392 g/mol. The summed E-state index contributed by atoms with van der Waals surface area (Å²) in [4.78, 5) is 0. The number of rotatable bonds is 1. The third kappa shape index (κ3) is 6.84. The first-order valence-electron chi connectivity index (χ1n) is 5.08. The lowest BCUT2D eigenvalue weighted by molar-refractivity contribution is -0.137. The Morgan fingerprint density at radius 3 is 1.78 bits per heavy atom. The summed E-state index contributed by atoms with van der Waals surface area (Å²) in [6, 6.07) is 5.08. The number of epoxide rings is 1. The molecule has 0 spiro atoms. The summed E-state index contributed by atoms with van der Waals surface area (Å²) in [7, 11) is 0.639. The van der Waals surface area contributed by atoms with Crippen LogP contribution in [0.5, 0.6) is 0 Å². The molecule has 1 aliphatic rings. The van der Waals surface area contributed by atoms with Gasteiger partial charge in [0, 0.05) is 0 Å². The largest absolute Gasteiger partial charge is 1.00 e. The molecule has 0 saturated carbocycles. The van der Waals surface area contributed by atoms with Crippen LogP contribution in [0.15, 0.2) is 24.3 Å². The maximum atomic E-state index is 12.1. The van der Waals surface area contributed by atoms with E-state index in [1.165, 1.54) is 12.1 Å². The van der Waals surface area contributed by atoms with Gasteiger partial charge in [-0.1, -0.05) is 12.1 Å². The normalized spacial score (nSPS) is 17.6. The predicted molar refractivity (Wildman–Crippen MR) is 65.3 cm³/mol. The summed E-state index contributed by atoms with van der Waals surface area (Å²) >= 11 is 0. The molecule has 1 saturated heterocycles. The Morgan fingerprint density at radius 1 is 1.11 bits per heavy atom. The summed E-state index contributed by atoms with van der Waals surface area (Å²) in [6.45, 7) is 0.616. The molecule has 0 radical (unpaired) electrons. The first-order chi connectivity index (χ1) is 7.80. The van der Waals surface area contributed by atoms with Crippen molar-refractivity contribution < 1.29 is 41.9 Å². The highest BCUT2D eigenvalue weighted by molar-refractivity contribution is 7.94. The van der Waals surface area contributed by atoms with Crippen molar-refractivity contribution in [3.05, 3.63) is 35.4 Å². The van der Waals surface area contributed by atoms with E-state index in [0.29, 0.717) is 17.5 Å². The predicted octanol–water partition coefficient (Wildman–Crippen LogP) is 0.275. The quantitative estimate of drug-likeness (QED) is 0.380. The first kappa shape index (κ1) is 18.0. The lowest BCUT2D eigenvalue weighted by Crippen LogP contribution is -3.00. The molecule has 0 aromatic heterocycles. The molecule has 104 valence electrons. The van der Waals surface area contributed by atoms with Gasteiger partial charge in [-0.3, -0.25) is 0 Å². The smallest absolute Gasteiger partial charge is 0.416 e. The highest BCUT2D eigenvalue weighted by Crippen LogP contribution is 2.33. The summed E-state index contributed by atoms with van der Waals surface area (Å²) in [5, 5.41) is 0. The van der Waals surface area contributed by atoms with Crippen molar-refractivity contribution in [3.63, 3.8) is 0 Å². The molecule has 1 unspecified atom stereocenters. The van der Waals surface area contributed by atoms with Gasteiger partial charge in [-0.25, -0.2) is 0 Å². The van der Waals surface area contributed by atoms with Crippen molar-refractivity contribution in [1.82, 2.24) is 0 Å². The minimum atomic E-state index is -4.25. The Balaban J connectivity index is 0.000000512. The molecule has 1 aromatic rings. The zero-order valence-electron chi connectivity index (χ0n) is 10.4. The molecule has 0 aliphatic carbocycles. The zero-order valence-corrected chi connectivity index (χ0v) is 13.4. The van der Waals surface area contributed by atoms with Crippen LogP contribution in [-0.4, -0.2) is 25.4 Å². The number of hydrogen-bond acceptors (Lipinski definition) is 1. The fraction of sp³-hybridized carbons (Fsp3) is 0.500. The summed E-state index contributed by atoms with van der Waals surface area (Å²) in [5.41, 5.74) is 0.199. The van der Waals surface area contributed by atoms with Gasteiger partial charge in [-0.05, 0) is 28.6 Å². The van der Waals surface area contributed by atoms with Crippen LogP contribution in [0.25, 0.3) is 0 Å². The average Bonchev–Trinajstić information content (AvgIpc) is 2.98. The first-order valence-corrected chi connectivity index (χ1v) is 7.53. The standard InChI is InChI=1S/C9H7F3O.C3H9S.HI/c10-9(11,12)7-3-1-6(2-4-7)8-5-13-8;1-4(2)3;/h1-4,8H,5H2;1-3H3;1H/q;+1;/p-1. The third-order valence-electron chi connectivity index (χ3n) is 1.94. The van der Waals surface area contributed by atoms with Crippen LogP contribution in [0.4, 0.5) is 13.2 Å². The maximum absolute atomic E-state index is 12.1. The van der Waals surface area contributed by atoms with Gasteiger partial charge < -0.3 is 28.7 Å². The fourth-order valence-corrected chi connectivity index (χ4v) is 1.13. The van der Waals surface area contributed by atoms with E-state index in [2.05, 4.69) is 18.8 Å². The molecule has 1 fully saturated rings. The van der Waals surface area contributed by atoms with Crippen LogP contribution in [0, 0.1) is 0 Å². The van der Waals surface area contributed by atoms with E-state index in [-0.39, 0.29) is 30.1 Å². The van der Waals surface area contributed by atoms with Crippen LogP contribution in [0.1, 0.15) is 17.2 Å². The van der Waals surface area contributed by atoms with E-state index < -0.39 is 11.7 Å². The SMILES string of the molecule is C[S+](C)C.FC(F)(F)c1ccc(C2CO2)cc1.[I-]. The Morgan fingerprint density at radius 2 is 1.50 bits per heavy atom. The molecule has 1 aromatic carbocycles. The maximum Gasteiger partial charge on any atom is 0.416 e. The van der Waals surface area contributed by atoms with Crippen LogP contribution in [0.2, 0.25) is 0 Å². The molecule has 2 rings (SSSR count). The molecule has 1 heterocycles. The van der Waals surface area contributed by atoms with E-state index in [1.54, 1.807) is 0 Å². The second-order valence-corrected chi connectivity index (χ2v) is 6.62. The Hall–Kier alpha value is 0.0500. The summed E-state index contributed by atoms with van der Waals surface area (Å²) in [5.74, 6) is 0. The number of alkyl halides is 3. The number of hydrogen-bond donors (Lipinski definition) is 0. The molecule has 0 bridgehead atoms. The molecular formula is C12H16F3IOS. The van der Waals surface area contributed by atoms with Crippen molar-refractivity contribution in [3.8, 4) is 0 Å². The number of benzene rings is 1. The summed E-state index contributed by atoms with van der Waals surface area (Å²) < 4.78 is 41.3. The average molecular weight is 392 g/mol. The van der Waals surface area contributed by atoms with Gasteiger partial charge in [0.05, 0.1) is 30.9 Å². The Labute approximate surface area is 125 Å². The third-order valence-corrected chi connectivity index (χ3v) is 1.94. The fourth-order valence-electron chi connectivity index (χ4n) is 1.13. The molecule has 0 amide bonds. The van der Waals surface area contributed by atoms with Gasteiger partial charge in [0.1, 0.15) is 6.10 Å². The van der Waals surface area contributed by atoms with E-state index in [0.717, 1.165) is 17.7 Å². The number of ether oxygens (including phenoxy) is 1. The van der Waals surface area contributed by atoms with Gasteiger partial charge in [-0.15, -0.1) is 0 Å². The lowest BCUT2D eigenvalue weighted by atomic mass is 10.1. The number of halogens is 4. The second kappa shape index (κ2) is 7.59. The second-order valence-electron chi connectivity index (χ2n) is 4.17. The highest BCUT2D eigenvalue weighted by atomic mass is 127. The molecule has 1 aliphatic heterocycles. The topological polar surface area (TPSA) is 12.5 Å². The Kier molecular flexibility index (Phi) is 7.61. The zero-order chi connectivity index (χ0) is 13.1. The van der Waals surface area contributed by atoms with Crippen molar-refractivity contribution in [2.75, 3.05) is 25.4 Å². The molecule has 1 atom stereocenters. The van der Waals surface area contributed by atoms with Gasteiger partial charge in [-0.2, -0.15) is 13.2 Å². The molecule has 6 heteroatoms. The van der Waals surface area contributed by atoms with E-state index in [1.807, 2.05) is 0 Å². The van der Waals surface area contributed by atoms with Gasteiger partial charge in [0.15, 0.2) is 0 Å². The lowest BCUT2D eigenvalue weighted by Gasteiger charge is -2.06. The van der Waals surface area contributed by atoms with Crippen LogP contribution < -0.4 is 24.0 Å². The van der Waals surface area contributed by atoms with Gasteiger partial charge in [0.25, 0.3) is 0 Å². The van der Waals surface area contributed by atoms with Crippen molar-refractivity contribution in [1.29, 1.82) is 0 Å². The van der Waals surface area contributed by atoms with Crippen molar-refractivity contribution in [2.45, 2.75) is 12.3 Å². The summed E-state index contributed by atoms with van der Waals surface area (Å²) in [6.07, 6.45) is 2.35. The molecule has 18 heavy (non-hydrogen) atoms. The van der Waals surface area contributed by atoms with Crippen LogP contribution in [0.3, 0.4) is 0 Å². The van der Waals surface area contributed by atoms with Crippen LogP contribution in [-0.2, 0) is 21.8 Å². The molecule has 1 nitrogen and oxygen atoms in total. The van der Waals surface area contributed by atoms with Crippen molar-refractivity contribution in [2.24, 2.45) is 0 Å². The van der Waals surface area contributed by atoms with Crippen molar-refractivity contribution >= 4 is 10.9 Å².